The van der Waals surface area contributed by atoms with E-state index in [-0.39, 0.29) is 12.5 Å². The number of benzene rings is 1. The number of amides is 1. The summed E-state index contributed by atoms with van der Waals surface area (Å²) in [7, 11) is 0. The summed E-state index contributed by atoms with van der Waals surface area (Å²) in [4.78, 5) is 11.7. The average molecular weight is 285 g/mol. The van der Waals surface area contributed by atoms with Crippen LogP contribution in [-0.2, 0) is 11.4 Å². The van der Waals surface area contributed by atoms with E-state index < -0.39 is 5.54 Å². The molecule has 16 heavy (non-hydrogen) atoms. The molecule has 0 spiro atoms. The molecular formula is C11H13BrN2O2. The van der Waals surface area contributed by atoms with Gasteiger partial charge in [-0.05, 0) is 47.5 Å². The second-order valence-electron chi connectivity index (χ2n) is 4.36. The van der Waals surface area contributed by atoms with E-state index in [0.717, 1.165) is 15.7 Å². The van der Waals surface area contributed by atoms with Crippen molar-refractivity contribution in [3.05, 3.63) is 22.2 Å². The van der Waals surface area contributed by atoms with Gasteiger partial charge in [0.1, 0.15) is 5.54 Å². The van der Waals surface area contributed by atoms with Crippen molar-refractivity contribution >= 4 is 33.2 Å². The molecule has 0 unspecified atom stereocenters. The van der Waals surface area contributed by atoms with Gasteiger partial charge in [0.25, 0.3) is 0 Å². The normalized spacial score (nSPS) is 17.4. The van der Waals surface area contributed by atoms with Crippen molar-refractivity contribution in [2.24, 2.45) is 0 Å². The number of hydrogen-bond donors (Lipinski definition) is 3. The first-order chi connectivity index (χ1) is 7.44. The van der Waals surface area contributed by atoms with E-state index in [2.05, 4.69) is 26.6 Å². The third kappa shape index (κ3) is 1.81. The summed E-state index contributed by atoms with van der Waals surface area (Å²) < 4.78 is 0.835. The minimum atomic E-state index is -0.629. The molecule has 1 aromatic rings. The molecule has 86 valence electrons. The zero-order valence-corrected chi connectivity index (χ0v) is 10.7. The van der Waals surface area contributed by atoms with E-state index in [4.69, 9.17) is 5.11 Å². The number of rotatable bonds is 1. The van der Waals surface area contributed by atoms with Crippen molar-refractivity contribution < 1.29 is 9.90 Å². The first kappa shape index (κ1) is 11.4. The van der Waals surface area contributed by atoms with Gasteiger partial charge in [0.15, 0.2) is 0 Å². The SMILES string of the molecule is CC1(C)Nc2c(Br)cc(CO)cc2NC1=O. The fourth-order valence-corrected chi connectivity index (χ4v) is 2.23. The van der Waals surface area contributed by atoms with E-state index in [1.54, 1.807) is 6.07 Å². The van der Waals surface area contributed by atoms with Gasteiger partial charge in [-0.1, -0.05) is 0 Å². The van der Waals surface area contributed by atoms with E-state index in [9.17, 15) is 4.79 Å². The highest BCUT2D eigenvalue weighted by molar-refractivity contribution is 9.10. The van der Waals surface area contributed by atoms with Crippen LogP contribution in [-0.4, -0.2) is 16.6 Å². The molecule has 0 bridgehead atoms. The number of carbonyl (C=O) groups is 1. The van der Waals surface area contributed by atoms with Gasteiger partial charge in [0.2, 0.25) is 5.91 Å². The highest BCUT2D eigenvalue weighted by Gasteiger charge is 2.33. The second kappa shape index (κ2) is 3.75. The molecule has 3 N–H and O–H groups in total. The van der Waals surface area contributed by atoms with Crippen LogP contribution in [0.3, 0.4) is 0 Å². The number of fused-ring (bicyclic) bond motifs is 1. The average Bonchev–Trinajstić information content (AvgIpc) is 2.21. The minimum absolute atomic E-state index is 0.0505. The Kier molecular flexibility index (Phi) is 2.67. The second-order valence-corrected chi connectivity index (χ2v) is 5.22. The van der Waals surface area contributed by atoms with Crippen molar-refractivity contribution in [3.8, 4) is 0 Å². The Bertz CT molecular complexity index is 458. The maximum atomic E-state index is 11.7. The quantitative estimate of drug-likeness (QED) is 0.740. The van der Waals surface area contributed by atoms with Crippen molar-refractivity contribution in [2.45, 2.75) is 26.0 Å². The zero-order valence-electron chi connectivity index (χ0n) is 9.10. The third-order valence-corrected chi connectivity index (χ3v) is 3.21. The molecule has 0 saturated carbocycles. The van der Waals surface area contributed by atoms with Crippen molar-refractivity contribution in [1.82, 2.24) is 0 Å². The van der Waals surface area contributed by atoms with Crippen LogP contribution in [0.25, 0.3) is 0 Å². The Morgan fingerprint density at radius 1 is 1.44 bits per heavy atom. The van der Waals surface area contributed by atoms with E-state index in [1.165, 1.54) is 0 Å². The molecule has 0 aliphatic carbocycles. The summed E-state index contributed by atoms with van der Waals surface area (Å²) in [6.45, 7) is 3.58. The summed E-state index contributed by atoms with van der Waals surface area (Å²) in [6.07, 6.45) is 0. The Balaban J connectivity index is 2.51. The van der Waals surface area contributed by atoms with E-state index in [0.29, 0.717) is 5.69 Å². The predicted molar refractivity (Wildman–Crippen MR) is 66.4 cm³/mol. The molecule has 0 saturated heterocycles. The summed E-state index contributed by atoms with van der Waals surface area (Å²) >= 11 is 3.42. The number of anilines is 2. The number of nitrogens with one attached hydrogen (secondary N) is 2. The molecule has 0 radical (unpaired) electrons. The van der Waals surface area contributed by atoms with Crippen LogP contribution < -0.4 is 10.6 Å². The number of aliphatic hydroxyl groups is 1. The van der Waals surface area contributed by atoms with Gasteiger partial charge < -0.3 is 15.7 Å². The van der Waals surface area contributed by atoms with Gasteiger partial charge >= 0.3 is 0 Å². The molecular weight excluding hydrogens is 272 g/mol. The third-order valence-electron chi connectivity index (χ3n) is 2.59. The number of aliphatic hydroxyl groups excluding tert-OH is 1. The van der Waals surface area contributed by atoms with Crippen LogP contribution in [0.5, 0.6) is 0 Å². The van der Waals surface area contributed by atoms with Gasteiger partial charge in [-0.3, -0.25) is 4.79 Å². The van der Waals surface area contributed by atoms with Crippen LogP contribution in [0, 0.1) is 0 Å². The zero-order chi connectivity index (χ0) is 11.9. The largest absolute Gasteiger partial charge is 0.392 e. The molecule has 2 rings (SSSR count). The van der Waals surface area contributed by atoms with Crippen LogP contribution in [0.1, 0.15) is 19.4 Å². The topological polar surface area (TPSA) is 61.4 Å². The molecule has 0 fully saturated rings. The first-order valence-electron chi connectivity index (χ1n) is 4.97. The Morgan fingerprint density at radius 2 is 2.12 bits per heavy atom. The molecule has 4 nitrogen and oxygen atoms in total. The Labute approximate surface area is 102 Å². The summed E-state index contributed by atoms with van der Waals surface area (Å²) in [5, 5.41) is 15.1. The van der Waals surface area contributed by atoms with Crippen molar-refractivity contribution in [3.63, 3.8) is 0 Å². The van der Waals surface area contributed by atoms with Gasteiger partial charge in [-0.25, -0.2) is 0 Å². The van der Waals surface area contributed by atoms with Gasteiger partial charge in [0.05, 0.1) is 18.0 Å². The Hall–Kier alpha value is -1.07. The molecule has 1 aromatic carbocycles. The molecule has 0 aromatic heterocycles. The molecule has 5 heteroatoms. The summed E-state index contributed by atoms with van der Waals surface area (Å²) in [5.41, 5.74) is 1.67. The van der Waals surface area contributed by atoms with Crippen molar-refractivity contribution in [2.75, 3.05) is 10.6 Å². The highest BCUT2D eigenvalue weighted by atomic mass is 79.9. The van der Waals surface area contributed by atoms with E-state index >= 15 is 0 Å². The maximum absolute atomic E-state index is 11.7. The lowest BCUT2D eigenvalue weighted by Gasteiger charge is -2.33. The number of carbonyl (C=O) groups excluding carboxylic acids is 1. The molecule has 0 atom stereocenters. The van der Waals surface area contributed by atoms with Crippen LogP contribution in [0.15, 0.2) is 16.6 Å². The lowest BCUT2D eigenvalue weighted by Crippen LogP contribution is -2.47. The summed E-state index contributed by atoms with van der Waals surface area (Å²) in [6, 6.07) is 3.60. The van der Waals surface area contributed by atoms with Gasteiger partial charge in [-0.15, -0.1) is 0 Å². The van der Waals surface area contributed by atoms with Gasteiger partial charge in [-0.2, -0.15) is 0 Å². The standard InChI is InChI=1S/C11H13BrN2O2/c1-11(2)10(16)13-8-4-6(5-15)3-7(12)9(8)14-11/h3-4,14-15H,5H2,1-2H3,(H,13,16). The minimum Gasteiger partial charge on any atom is -0.392 e. The van der Waals surface area contributed by atoms with Gasteiger partial charge in [0, 0.05) is 4.47 Å². The van der Waals surface area contributed by atoms with Crippen molar-refractivity contribution in [1.29, 1.82) is 0 Å². The number of halogens is 1. The molecule has 1 aliphatic heterocycles. The molecule has 1 heterocycles. The lowest BCUT2D eigenvalue weighted by molar-refractivity contribution is -0.119. The van der Waals surface area contributed by atoms with Crippen LogP contribution in [0.4, 0.5) is 11.4 Å². The predicted octanol–water partition coefficient (Wildman–Crippen LogP) is 2.08. The smallest absolute Gasteiger partial charge is 0.249 e. The monoisotopic (exact) mass is 284 g/mol. The Morgan fingerprint density at radius 3 is 2.75 bits per heavy atom. The van der Waals surface area contributed by atoms with Crippen LogP contribution in [0.2, 0.25) is 0 Å². The molecule has 1 amide bonds. The maximum Gasteiger partial charge on any atom is 0.249 e. The first-order valence-corrected chi connectivity index (χ1v) is 5.76. The lowest BCUT2D eigenvalue weighted by atomic mass is 9.99. The summed E-state index contributed by atoms with van der Waals surface area (Å²) in [5.74, 6) is -0.0815. The fourth-order valence-electron chi connectivity index (χ4n) is 1.63. The fraction of sp³-hybridized carbons (Fsp3) is 0.364. The van der Waals surface area contributed by atoms with Crippen LogP contribution >= 0.6 is 15.9 Å². The van der Waals surface area contributed by atoms with E-state index in [1.807, 2.05) is 19.9 Å². The number of hydrogen-bond acceptors (Lipinski definition) is 3. The highest BCUT2D eigenvalue weighted by Crippen LogP contribution is 2.37. The molecule has 1 aliphatic rings.